The number of phosphoric acid groups is 1. The summed E-state index contributed by atoms with van der Waals surface area (Å²) < 4.78 is 23.5. The van der Waals surface area contributed by atoms with Crippen LogP contribution in [-0.4, -0.2) is 68.5 Å². The molecule has 0 saturated heterocycles. The summed E-state index contributed by atoms with van der Waals surface area (Å²) in [6.07, 6.45) is 98.2. The number of unbranched alkanes of at least 4 members (excludes halogenated alkanes) is 41. The lowest BCUT2D eigenvalue weighted by atomic mass is 10.0. The second-order valence-electron chi connectivity index (χ2n) is 26.3. The maximum Gasteiger partial charge on any atom is 0.268 e. The van der Waals surface area contributed by atoms with Gasteiger partial charge in [0.05, 0.1) is 39.9 Å². The highest BCUT2D eigenvalue weighted by Gasteiger charge is 2.23. The van der Waals surface area contributed by atoms with Crippen molar-refractivity contribution in [3.05, 3.63) is 97.2 Å². The third-order valence-corrected chi connectivity index (χ3v) is 17.5. The lowest BCUT2D eigenvalue weighted by Crippen LogP contribution is -2.45. The minimum atomic E-state index is -4.61. The molecule has 0 aliphatic rings. The number of quaternary nitrogens is 1. The van der Waals surface area contributed by atoms with E-state index in [0.717, 1.165) is 83.5 Å². The summed E-state index contributed by atoms with van der Waals surface area (Å²) in [5, 5.41) is 14.0. The van der Waals surface area contributed by atoms with Gasteiger partial charge in [0, 0.05) is 6.42 Å². The first-order chi connectivity index (χ1) is 42.5. The van der Waals surface area contributed by atoms with Crippen molar-refractivity contribution in [2.24, 2.45) is 0 Å². The van der Waals surface area contributed by atoms with Crippen LogP contribution in [0.15, 0.2) is 97.2 Å². The van der Waals surface area contributed by atoms with Crippen molar-refractivity contribution in [3.8, 4) is 0 Å². The van der Waals surface area contributed by atoms with E-state index in [2.05, 4.69) is 104 Å². The maximum atomic E-state index is 13.1. The Kier molecular flexibility index (Phi) is 65.8. The molecule has 87 heavy (non-hydrogen) atoms. The zero-order valence-electron chi connectivity index (χ0n) is 58.0. The average Bonchev–Trinajstić information content (AvgIpc) is 3.70. The topological polar surface area (TPSA) is 108 Å². The summed E-state index contributed by atoms with van der Waals surface area (Å²) in [6, 6.07) is -0.894. The normalized spacial score (nSPS) is 14.1. The molecule has 0 radical (unpaired) electrons. The van der Waals surface area contributed by atoms with Crippen LogP contribution in [0.5, 0.6) is 0 Å². The van der Waals surface area contributed by atoms with Gasteiger partial charge in [-0.25, -0.2) is 0 Å². The molecule has 506 valence electrons. The average molecular weight is 1240 g/mol. The molecule has 0 aromatic carbocycles. The van der Waals surface area contributed by atoms with E-state index in [9.17, 15) is 19.4 Å². The van der Waals surface area contributed by atoms with Crippen molar-refractivity contribution < 1.29 is 32.9 Å². The quantitative estimate of drug-likeness (QED) is 0.0272. The standard InChI is InChI=1S/C78H143N2O6P/c1-6-8-10-12-14-16-18-20-22-24-26-28-30-32-34-36-38-39-40-41-42-44-46-48-50-52-54-56-58-60-62-64-66-68-70-72-78(82)79-76(75-86-87(83,84)85-74-73-80(3,4)5)77(81)71-69-67-65-63-61-59-57-55-53-51-49-47-45-43-37-35-33-31-29-27-25-23-21-19-17-15-13-11-9-7-2/h8,10,14,16,20,22,26,28,32,34,38-39,41-42,69,71,76-77,81H,6-7,9,11-13,15,17-19,21,23-25,27,29-31,33,35-37,40,43-68,70,72-75H2,1-5H3,(H-,79,82,83,84)/b10-8-,16-14-,22-20-,28-26-,34-32-,39-38-,42-41-,71-69+. The van der Waals surface area contributed by atoms with Gasteiger partial charge in [-0.3, -0.25) is 9.36 Å². The minimum Gasteiger partial charge on any atom is -0.756 e. The fourth-order valence-corrected chi connectivity index (χ4v) is 11.6. The first-order valence-corrected chi connectivity index (χ1v) is 38.6. The summed E-state index contributed by atoms with van der Waals surface area (Å²) >= 11 is 0. The van der Waals surface area contributed by atoms with Crippen LogP contribution in [-0.2, 0) is 18.4 Å². The molecule has 0 saturated carbocycles. The molecule has 0 fully saturated rings. The van der Waals surface area contributed by atoms with Crippen molar-refractivity contribution >= 4 is 13.7 Å². The predicted octanol–water partition coefficient (Wildman–Crippen LogP) is 23.4. The monoisotopic (exact) mass is 1240 g/mol. The lowest BCUT2D eigenvalue weighted by Gasteiger charge is -2.29. The number of rotatable bonds is 68. The lowest BCUT2D eigenvalue weighted by molar-refractivity contribution is -0.870. The van der Waals surface area contributed by atoms with E-state index in [1.54, 1.807) is 6.08 Å². The van der Waals surface area contributed by atoms with Crippen molar-refractivity contribution in [3.63, 3.8) is 0 Å². The number of allylic oxidation sites excluding steroid dienone is 15. The molecule has 9 heteroatoms. The summed E-state index contributed by atoms with van der Waals surface area (Å²) in [5.41, 5.74) is 0. The van der Waals surface area contributed by atoms with Gasteiger partial charge in [-0.2, -0.15) is 0 Å². The Morgan fingerprint density at radius 3 is 1.02 bits per heavy atom. The van der Waals surface area contributed by atoms with E-state index >= 15 is 0 Å². The molecular weight excluding hydrogens is 1090 g/mol. The van der Waals surface area contributed by atoms with Crippen LogP contribution in [0.1, 0.15) is 341 Å². The third-order valence-electron chi connectivity index (χ3n) is 16.5. The van der Waals surface area contributed by atoms with Gasteiger partial charge in [0.2, 0.25) is 5.91 Å². The van der Waals surface area contributed by atoms with Gasteiger partial charge < -0.3 is 28.8 Å². The second kappa shape index (κ2) is 67.8. The van der Waals surface area contributed by atoms with Crippen LogP contribution in [0, 0.1) is 0 Å². The van der Waals surface area contributed by atoms with Gasteiger partial charge in [-0.1, -0.05) is 355 Å². The molecule has 0 aromatic rings. The summed E-state index contributed by atoms with van der Waals surface area (Å²) in [6.45, 7) is 4.57. The van der Waals surface area contributed by atoms with E-state index < -0.39 is 20.0 Å². The number of nitrogens with zero attached hydrogens (tertiary/aromatic N) is 1. The van der Waals surface area contributed by atoms with Crippen molar-refractivity contribution in [1.82, 2.24) is 5.32 Å². The van der Waals surface area contributed by atoms with Gasteiger partial charge in [0.1, 0.15) is 13.2 Å². The van der Waals surface area contributed by atoms with Crippen LogP contribution < -0.4 is 10.2 Å². The zero-order valence-corrected chi connectivity index (χ0v) is 58.9. The summed E-state index contributed by atoms with van der Waals surface area (Å²) in [7, 11) is 1.26. The Labute approximate surface area is 540 Å². The molecule has 2 N–H and O–H groups in total. The Balaban J connectivity index is 4.06. The molecule has 0 aromatic heterocycles. The van der Waals surface area contributed by atoms with Crippen LogP contribution in [0.25, 0.3) is 0 Å². The first kappa shape index (κ1) is 84.4. The Morgan fingerprint density at radius 1 is 0.414 bits per heavy atom. The Hall–Kier alpha value is -2.58. The maximum absolute atomic E-state index is 13.1. The molecule has 0 spiro atoms. The number of aliphatic hydroxyl groups is 1. The smallest absolute Gasteiger partial charge is 0.268 e. The third kappa shape index (κ3) is 70.7. The highest BCUT2D eigenvalue weighted by Crippen LogP contribution is 2.38. The van der Waals surface area contributed by atoms with Crippen molar-refractivity contribution in [1.29, 1.82) is 0 Å². The van der Waals surface area contributed by atoms with Crippen molar-refractivity contribution in [2.45, 2.75) is 353 Å². The number of aliphatic hydroxyl groups excluding tert-OH is 1. The van der Waals surface area contributed by atoms with Crippen LogP contribution in [0.2, 0.25) is 0 Å². The van der Waals surface area contributed by atoms with Crippen LogP contribution >= 0.6 is 7.82 Å². The molecule has 1 amide bonds. The number of likely N-dealkylation sites (N-methyl/N-ethyl adjacent to an activating group) is 1. The van der Waals surface area contributed by atoms with Gasteiger partial charge in [0.25, 0.3) is 7.82 Å². The molecule has 3 unspecified atom stereocenters. The fourth-order valence-electron chi connectivity index (χ4n) is 10.8. The SMILES string of the molecule is CC/C=C\C/C=C\C/C=C\C/C=C\C/C=C\C/C=C\C/C=C\CCCCCCCCCCCCCCCC(=O)NC(COP(=O)([O-])OCC[N+](C)(C)C)C(O)/C=C/CCCCCCCCCCCCCCCCCCCCCCCCCCCCCC. The molecule has 0 heterocycles. The summed E-state index contributed by atoms with van der Waals surface area (Å²) in [5.74, 6) is -0.197. The molecule has 0 bridgehead atoms. The van der Waals surface area contributed by atoms with Crippen molar-refractivity contribution in [2.75, 3.05) is 40.9 Å². The summed E-state index contributed by atoms with van der Waals surface area (Å²) in [4.78, 5) is 25.7. The second-order valence-corrected chi connectivity index (χ2v) is 27.7. The zero-order chi connectivity index (χ0) is 63.4. The molecule has 8 nitrogen and oxygen atoms in total. The fraction of sp³-hybridized carbons (Fsp3) is 0.782. The van der Waals surface area contributed by atoms with Crippen LogP contribution in [0.4, 0.5) is 0 Å². The number of hydrogen-bond acceptors (Lipinski definition) is 6. The predicted molar refractivity (Wildman–Crippen MR) is 380 cm³/mol. The number of phosphoric ester groups is 1. The number of hydrogen-bond donors (Lipinski definition) is 2. The highest BCUT2D eigenvalue weighted by molar-refractivity contribution is 7.45. The van der Waals surface area contributed by atoms with E-state index in [0.29, 0.717) is 17.4 Å². The van der Waals surface area contributed by atoms with Gasteiger partial charge >= 0.3 is 0 Å². The molecule has 0 rings (SSSR count). The van der Waals surface area contributed by atoms with Gasteiger partial charge in [-0.15, -0.1) is 0 Å². The molecule has 0 aliphatic heterocycles. The van der Waals surface area contributed by atoms with Gasteiger partial charge in [0.15, 0.2) is 0 Å². The van der Waals surface area contributed by atoms with Crippen LogP contribution in [0.3, 0.4) is 0 Å². The number of amides is 1. The van der Waals surface area contributed by atoms with E-state index in [1.165, 1.54) is 238 Å². The van der Waals surface area contributed by atoms with E-state index in [-0.39, 0.29) is 19.1 Å². The number of carbonyl (C=O) groups excluding carboxylic acids is 1. The number of nitrogens with one attached hydrogen (secondary N) is 1. The number of carbonyl (C=O) groups is 1. The Bertz CT molecular complexity index is 1740. The minimum absolute atomic E-state index is 0.00375. The van der Waals surface area contributed by atoms with E-state index in [4.69, 9.17) is 9.05 Å². The molecular formula is C78H143N2O6P. The largest absolute Gasteiger partial charge is 0.756 e. The van der Waals surface area contributed by atoms with Gasteiger partial charge in [-0.05, 0) is 77.0 Å². The highest BCUT2D eigenvalue weighted by atomic mass is 31.2. The molecule has 0 aliphatic carbocycles. The molecule has 3 atom stereocenters. The Morgan fingerprint density at radius 2 is 0.701 bits per heavy atom. The first-order valence-electron chi connectivity index (χ1n) is 37.1. The van der Waals surface area contributed by atoms with E-state index in [1.807, 2.05) is 27.2 Å².